The topological polar surface area (TPSA) is 76.0 Å². The van der Waals surface area contributed by atoms with Gasteiger partial charge in [0.25, 0.3) is 5.91 Å². The Labute approximate surface area is 161 Å². The number of amides is 1. The van der Waals surface area contributed by atoms with Crippen molar-refractivity contribution in [2.75, 3.05) is 40.0 Å². The average Bonchev–Trinajstić information content (AvgIpc) is 3.08. The zero-order valence-corrected chi connectivity index (χ0v) is 16.5. The van der Waals surface area contributed by atoms with E-state index in [1.807, 2.05) is 23.7 Å². The van der Waals surface area contributed by atoms with Gasteiger partial charge in [-0.05, 0) is 44.4 Å². The largest absolute Gasteiger partial charge is 0.389 e. The van der Waals surface area contributed by atoms with E-state index in [2.05, 4.69) is 10.2 Å². The molecule has 2 saturated heterocycles. The van der Waals surface area contributed by atoms with Crippen LogP contribution in [0.2, 0.25) is 0 Å². The smallest absolute Gasteiger partial charge is 0.267 e. The first kappa shape index (κ1) is 20.3. The molecule has 152 valence electrons. The predicted octanol–water partition coefficient (Wildman–Crippen LogP) is 1.47. The zero-order valence-electron chi connectivity index (χ0n) is 16.5. The van der Waals surface area contributed by atoms with Crippen LogP contribution in [0.3, 0.4) is 0 Å². The van der Waals surface area contributed by atoms with Crippen LogP contribution >= 0.6 is 0 Å². The molecule has 0 aromatic carbocycles. The highest BCUT2D eigenvalue weighted by Crippen LogP contribution is 2.32. The van der Waals surface area contributed by atoms with Crippen LogP contribution in [-0.2, 0) is 16.5 Å². The summed E-state index contributed by atoms with van der Waals surface area (Å²) >= 11 is 0. The van der Waals surface area contributed by atoms with E-state index in [1.54, 1.807) is 7.05 Å². The monoisotopic (exact) mass is 379 g/mol. The van der Waals surface area contributed by atoms with Crippen molar-refractivity contribution in [3.8, 4) is 0 Å². The molecular weight excluding hydrogens is 346 g/mol. The van der Waals surface area contributed by atoms with Crippen LogP contribution < -0.4 is 5.32 Å². The lowest BCUT2D eigenvalue weighted by Crippen LogP contribution is -2.41. The van der Waals surface area contributed by atoms with Crippen LogP contribution in [0, 0.1) is 0 Å². The summed E-state index contributed by atoms with van der Waals surface area (Å²) in [6, 6.07) is 4.14. The number of rotatable bonds is 7. The van der Waals surface area contributed by atoms with Crippen molar-refractivity contribution >= 4 is 5.91 Å². The number of ether oxygens (including phenoxy) is 2. The number of aliphatic hydroxyl groups is 1. The second-order valence-electron chi connectivity index (χ2n) is 7.59. The molecule has 2 aliphatic heterocycles. The maximum atomic E-state index is 12.0. The first-order valence-corrected chi connectivity index (χ1v) is 10.1. The third-order valence-corrected chi connectivity index (χ3v) is 5.71. The van der Waals surface area contributed by atoms with Crippen molar-refractivity contribution in [3.63, 3.8) is 0 Å². The van der Waals surface area contributed by atoms with E-state index in [1.165, 1.54) is 0 Å². The van der Waals surface area contributed by atoms with E-state index < -0.39 is 6.10 Å². The Balaban J connectivity index is 1.60. The minimum absolute atomic E-state index is 0.0731. The Morgan fingerprint density at radius 3 is 2.85 bits per heavy atom. The summed E-state index contributed by atoms with van der Waals surface area (Å²) in [5.41, 5.74) is 1.80. The van der Waals surface area contributed by atoms with E-state index in [0.717, 1.165) is 57.6 Å². The molecule has 2 atom stereocenters. The van der Waals surface area contributed by atoms with E-state index in [0.29, 0.717) is 18.8 Å². The number of β-amino-alcohol motifs (C(OH)–C–C–N with tert-alkyl or cyclic N) is 1. The SMILES string of the molecule is CNC(=O)c1ccc([C@H]2CCCCN2C[C@@H](O)COC2CCOCC2)n1C. The molecule has 0 spiro atoms. The van der Waals surface area contributed by atoms with Gasteiger partial charge in [0.05, 0.1) is 24.9 Å². The fraction of sp³-hybridized carbons (Fsp3) is 0.750. The molecule has 7 heteroatoms. The fourth-order valence-electron chi connectivity index (χ4n) is 4.18. The van der Waals surface area contributed by atoms with Gasteiger partial charge in [-0.15, -0.1) is 0 Å². The van der Waals surface area contributed by atoms with Gasteiger partial charge in [-0.25, -0.2) is 0 Å². The number of carbonyl (C=O) groups is 1. The standard InChI is InChI=1S/C20H33N3O4/c1-21-20(25)19-7-6-17(22(19)2)18-5-3-4-10-23(18)13-15(24)14-27-16-8-11-26-12-9-16/h6-7,15-16,18,24H,3-5,8-14H2,1-2H3,(H,21,25)/t15-,18-/m1/s1. The summed E-state index contributed by atoms with van der Waals surface area (Å²) in [5, 5.41) is 13.2. The molecule has 27 heavy (non-hydrogen) atoms. The number of hydrogen-bond acceptors (Lipinski definition) is 5. The van der Waals surface area contributed by atoms with Crippen LogP contribution in [0.15, 0.2) is 12.1 Å². The van der Waals surface area contributed by atoms with Crippen molar-refractivity contribution in [1.82, 2.24) is 14.8 Å². The van der Waals surface area contributed by atoms with Gasteiger partial charge in [0, 0.05) is 39.5 Å². The number of carbonyl (C=O) groups excluding carboxylic acids is 1. The van der Waals surface area contributed by atoms with E-state index in [-0.39, 0.29) is 18.1 Å². The van der Waals surface area contributed by atoms with Gasteiger partial charge in [0.1, 0.15) is 5.69 Å². The van der Waals surface area contributed by atoms with Crippen LogP contribution in [0.25, 0.3) is 0 Å². The molecule has 0 bridgehead atoms. The van der Waals surface area contributed by atoms with Gasteiger partial charge in [0.15, 0.2) is 0 Å². The highest BCUT2D eigenvalue weighted by Gasteiger charge is 2.29. The first-order valence-electron chi connectivity index (χ1n) is 10.1. The number of aromatic nitrogens is 1. The van der Waals surface area contributed by atoms with Gasteiger partial charge >= 0.3 is 0 Å². The van der Waals surface area contributed by atoms with Crippen molar-refractivity contribution in [3.05, 3.63) is 23.5 Å². The Morgan fingerprint density at radius 1 is 1.33 bits per heavy atom. The summed E-state index contributed by atoms with van der Waals surface area (Å²) in [4.78, 5) is 14.4. The van der Waals surface area contributed by atoms with Gasteiger partial charge in [-0.1, -0.05) is 6.42 Å². The maximum absolute atomic E-state index is 12.0. The lowest BCUT2D eigenvalue weighted by atomic mass is 9.99. The molecule has 1 aromatic heterocycles. The normalized spacial score (nSPS) is 23.3. The summed E-state index contributed by atoms with van der Waals surface area (Å²) in [7, 11) is 3.59. The quantitative estimate of drug-likeness (QED) is 0.750. The minimum atomic E-state index is -0.507. The van der Waals surface area contributed by atoms with Crippen molar-refractivity contribution < 1.29 is 19.4 Å². The van der Waals surface area contributed by atoms with Crippen LogP contribution in [0.4, 0.5) is 0 Å². The lowest BCUT2D eigenvalue weighted by Gasteiger charge is -2.37. The lowest BCUT2D eigenvalue weighted by molar-refractivity contribution is -0.0676. The number of hydrogen-bond donors (Lipinski definition) is 2. The first-order chi connectivity index (χ1) is 13.1. The third-order valence-electron chi connectivity index (χ3n) is 5.71. The highest BCUT2D eigenvalue weighted by atomic mass is 16.5. The van der Waals surface area contributed by atoms with Crippen molar-refractivity contribution in [1.29, 1.82) is 0 Å². The molecule has 2 N–H and O–H groups in total. The zero-order chi connectivity index (χ0) is 19.2. The molecule has 0 radical (unpaired) electrons. The summed E-state index contributed by atoms with van der Waals surface area (Å²) in [6.45, 7) is 3.41. The van der Waals surface area contributed by atoms with Gasteiger partial charge < -0.3 is 24.5 Å². The van der Waals surface area contributed by atoms with Crippen LogP contribution in [0.1, 0.15) is 54.3 Å². The average molecular weight is 380 g/mol. The van der Waals surface area contributed by atoms with E-state index >= 15 is 0 Å². The number of piperidine rings is 1. The summed E-state index contributed by atoms with van der Waals surface area (Å²) in [5.74, 6) is -0.0731. The molecule has 1 aromatic rings. The van der Waals surface area contributed by atoms with Gasteiger partial charge in [-0.3, -0.25) is 9.69 Å². The van der Waals surface area contributed by atoms with Crippen molar-refractivity contribution in [2.45, 2.75) is 50.4 Å². The molecular formula is C20H33N3O4. The number of nitrogens with one attached hydrogen (secondary N) is 1. The van der Waals surface area contributed by atoms with Gasteiger partial charge in [0.2, 0.25) is 0 Å². The number of likely N-dealkylation sites (tertiary alicyclic amines) is 1. The molecule has 0 aliphatic carbocycles. The summed E-state index contributed by atoms with van der Waals surface area (Å²) < 4.78 is 13.2. The fourth-order valence-corrected chi connectivity index (χ4v) is 4.18. The minimum Gasteiger partial charge on any atom is -0.389 e. The highest BCUT2D eigenvalue weighted by molar-refractivity contribution is 5.92. The number of nitrogens with zero attached hydrogens (tertiary/aromatic N) is 2. The van der Waals surface area contributed by atoms with Crippen LogP contribution in [0.5, 0.6) is 0 Å². The molecule has 2 fully saturated rings. The summed E-state index contributed by atoms with van der Waals surface area (Å²) in [6.07, 6.45) is 4.85. The molecule has 1 amide bonds. The van der Waals surface area contributed by atoms with E-state index in [4.69, 9.17) is 9.47 Å². The second kappa shape index (κ2) is 9.68. The Bertz CT molecular complexity index is 612. The molecule has 7 nitrogen and oxygen atoms in total. The maximum Gasteiger partial charge on any atom is 0.267 e. The third kappa shape index (κ3) is 5.10. The van der Waals surface area contributed by atoms with Crippen molar-refractivity contribution in [2.24, 2.45) is 7.05 Å². The van der Waals surface area contributed by atoms with Gasteiger partial charge in [-0.2, -0.15) is 0 Å². The second-order valence-corrected chi connectivity index (χ2v) is 7.59. The Hall–Kier alpha value is -1.41. The Kier molecular flexibility index (Phi) is 7.29. The van der Waals surface area contributed by atoms with Crippen LogP contribution in [-0.4, -0.2) is 72.6 Å². The molecule has 0 saturated carbocycles. The molecule has 3 heterocycles. The Morgan fingerprint density at radius 2 is 2.11 bits per heavy atom. The van der Waals surface area contributed by atoms with E-state index in [9.17, 15) is 9.90 Å². The molecule has 2 aliphatic rings. The molecule has 3 rings (SSSR count). The molecule has 0 unspecified atom stereocenters. The number of aliphatic hydroxyl groups excluding tert-OH is 1. The predicted molar refractivity (Wildman–Crippen MR) is 103 cm³/mol.